The fraction of sp³-hybridized carbons (Fsp3) is 0.529. The average molecular weight is 301 g/mol. The highest BCUT2D eigenvalue weighted by Gasteiger charge is 2.29. The fourth-order valence-corrected chi connectivity index (χ4v) is 3.25. The summed E-state index contributed by atoms with van der Waals surface area (Å²) in [5.74, 6) is 1.76. The van der Waals surface area contributed by atoms with Crippen LogP contribution in [-0.2, 0) is 6.54 Å². The van der Waals surface area contributed by atoms with Gasteiger partial charge in [0.15, 0.2) is 5.82 Å². The minimum absolute atomic E-state index is 0.184. The maximum absolute atomic E-state index is 9.62. The van der Waals surface area contributed by atoms with E-state index in [0.29, 0.717) is 24.2 Å². The van der Waals surface area contributed by atoms with Crippen molar-refractivity contribution in [1.82, 2.24) is 15.0 Å². The molecule has 1 fully saturated rings. The van der Waals surface area contributed by atoms with Gasteiger partial charge in [0.1, 0.15) is 0 Å². The molecule has 0 saturated carbocycles. The third-order valence-electron chi connectivity index (χ3n) is 4.61. The monoisotopic (exact) mass is 301 g/mol. The van der Waals surface area contributed by atoms with Crippen LogP contribution in [0.5, 0.6) is 0 Å². The van der Waals surface area contributed by atoms with Crippen molar-refractivity contribution in [1.29, 1.82) is 0 Å². The Kier molecular flexibility index (Phi) is 4.55. The van der Waals surface area contributed by atoms with Crippen LogP contribution in [0.1, 0.15) is 31.2 Å². The van der Waals surface area contributed by atoms with E-state index < -0.39 is 0 Å². The lowest BCUT2D eigenvalue weighted by molar-refractivity contribution is 0.0449. The number of piperidine rings is 1. The number of rotatable bonds is 4. The number of aromatic nitrogens is 2. The SMILES string of the molecule is Cc1ccccc1-c1nc(CN2CCCC(C)C2CO)no1. The van der Waals surface area contributed by atoms with E-state index >= 15 is 0 Å². The molecule has 1 N–H and O–H groups in total. The molecule has 1 aromatic heterocycles. The van der Waals surface area contributed by atoms with Gasteiger partial charge in [0.25, 0.3) is 5.89 Å². The number of aliphatic hydroxyl groups is 1. The summed E-state index contributed by atoms with van der Waals surface area (Å²) in [7, 11) is 0. The molecule has 5 nitrogen and oxygen atoms in total. The van der Waals surface area contributed by atoms with Crippen LogP contribution in [0.3, 0.4) is 0 Å². The Hall–Kier alpha value is -1.72. The third-order valence-corrected chi connectivity index (χ3v) is 4.61. The molecular weight excluding hydrogens is 278 g/mol. The van der Waals surface area contributed by atoms with Gasteiger partial charge in [-0.15, -0.1) is 0 Å². The lowest BCUT2D eigenvalue weighted by atomic mass is 9.91. The number of hydrogen-bond donors (Lipinski definition) is 1. The highest BCUT2D eigenvalue weighted by molar-refractivity contribution is 5.57. The minimum Gasteiger partial charge on any atom is -0.395 e. The molecule has 1 saturated heterocycles. The molecule has 0 amide bonds. The molecule has 0 aliphatic carbocycles. The topological polar surface area (TPSA) is 62.4 Å². The predicted octanol–water partition coefficient (Wildman–Crippen LogP) is 2.64. The first-order valence-corrected chi connectivity index (χ1v) is 7.92. The first kappa shape index (κ1) is 15.2. The zero-order chi connectivity index (χ0) is 15.5. The predicted molar refractivity (Wildman–Crippen MR) is 84.2 cm³/mol. The second kappa shape index (κ2) is 6.58. The average Bonchev–Trinajstić information content (AvgIpc) is 2.96. The van der Waals surface area contributed by atoms with E-state index in [1.165, 1.54) is 6.42 Å². The summed E-state index contributed by atoms with van der Waals surface area (Å²) < 4.78 is 5.42. The summed E-state index contributed by atoms with van der Waals surface area (Å²) >= 11 is 0. The summed E-state index contributed by atoms with van der Waals surface area (Å²) in [5.41, 5.74) is 2.10. The molecule has 1 aliphatic rings. The van der Waals surface area contributed by atoms with E-state index in [1.807, 2.05) is 31.2 Å². The number of hydrogen-bond acceptors (Lipinski definition) is 5. The van der Waals surface area contributed by atoms with Crippen molar-refractivity contribution in [2.75, 3.05) is 13.2 Å². The van der Waals surface area contributed by atoms with Gasteiger partial charge in [-0.05, 0) is 43.9 Å². The van der Waals surface area contributed by atoms with E-state index in [-0.39, 0.29) is 12.6 Å². The fourth-order valence-electron chi connectivity index (χ4n) is 3.25. The first-order chi connectivity index (χ1) is 10.7. The Labute approximate surface area is 131 Å². The van der Waals surface area contributed by atoms with Crippen molar-refractivity contribution in [2.24, 2.45) is 5.92 Å². The van der Waals surface area contributed by atoms with Crippen LogP contribution in [0.25, 0.3) is 11.5 Å². The Morgan fingerprint density at radius 3 is 2.95 bits per heavy atom. The molecule has 1 aliphatic heterocycles. The molecular formula is C17H23N3O2. The summed E-state index contributed by atoms with van der Waals surface area (Å²) in [5, 5.41) is 13.7. The van der Waals surface area contributed by atoms with E-state index in [0.717, 1.165) is 24.1 Å². The standard InChI is InChI=1S/C17H23N3O2/c1-12-6-3-4-8-14(12)17-18-16(19-22-17)10-20-9-5-7-13(2)15(20)11-21/h3-4,6,8,13,15,21H,5,7,9-11H2,1-2H3. The first-order valence-electron chi connectivity index (χ1n) is 7.92. The molecule has 5 heteroatoms. The molecule has 118 valence electrons. The quantitative estimate of drug-likeness (QED) is 0.940. The summed E-state index contributed by atoms with van der Waals surface area (Å²) in [4.78, 5) is 6.79. The Morgan fingerprint density at radius 2 is 2.18 bits per heavy atom. The molecule has 2 heterocycles. The molecule has 2 aromatic rings. The highest BCUT2D eigenvalue weighted by atomic mass is 16.5. The van der Waals surface area contributed by atoms with Crippen molar-refractivity contribution in [2.45, 2.75) is 39.3 Å². The number of aryl methyl sites for hydroxylation is 1. The van der Waals surface area contributed by atoms with Gasteiger partial charge >= 0.3 is 0 Å². The Balaban J connectivity index is 1.75. The van der Waals surface area contributed by atoms with Crippen LogP contribution in [-0.4, -0.2) is 39.3 Å². The van der Waals surface area contributed by atoms with Crippen LogP contribution in [0.15, 0.2) is 28.8 Å². The van der Waals surface area contributed by atoms with Crippen molar-refractivity contribution >= 4 is 0 Å². The van der Waals surface area contributed by atoms with E-state index in [1.54, 1.807) is 0 Å². The Morgan fingerprint density at radius 1 is 1.36 bits per heavy atom. The van der Waals surface area contributed by atoms with Gasteiger partial charge in [-0.25, -0.2) is 0 Å². The van der Waals surface area contributed by atoms with Crippen LogP contribution in [0.4, 0.5) is 0 Å². The van der Waals surface area contributed by atoms with E-state index in [4.69, 9.17) is 4.52 Å². The number of nitrogens with zero attached hydrogens (tertiary/aromatic N) is 3. The maximum Gasteiger partial charge on any atom is 0.258 e. The highest BCUT2D eigenvalue weighted by Crippen LogP contribution is 2.25. The Bertz CT molecular complexity index is 626. The van der Waals surface area contributed by atoms with Gasteiger partial charge in [-0.3, -0.25) is 4.90 Å². The largest absolute Gasteiger partial charge is 0.395 e. The molecule has 1 aromatic carbocycles. The zero-order valence-corrected chi connectivity index (χ0v) is 13.2. The summed E-state index contributed by atoms with van der Waals surface area (Å²) in [6, 6.07) is 8.19. The van der Waals surface area contributed by atoms with E-state index in [2.05, 4.69) is 22.0 Å². The summed E-state index contributed by atoms with van der Waals surface area (Å²) in [6.45, 7) is 6.02. The van der Waals surface area contributed by atoms with Gasteiger partial charge in [0.2, 0.25) is 0 Å². The molecule has 0 spiro atoms. The number of likely N-dealkylation sites (tertiary alicyclic amines) is 1. The van der Waals surface area contributed by atoms with Crippen LogP contribution in [0, 0.1) is 12.8 Å². The van der Waals surface area contributed by atoms with Crippen molar-refractivity contribution in [3.05, 3.63) is 35.7 Å². The zero-order valence-electron chi connectivity index (χ0n) is 13.2. The number of aliphatic hydroxyl groups excluding tert-OH is 1. The lowest BCUT2D eigenvalue weighted by Gasteiger charge is -2.38. The third kappa shape index (κ3) is 3.05. The van der Waals surface area contributed by atoms with Crippen LogP contribution >= 0.6 is 0 Å². The molecule has 2 atom stereocenters. The molecule has 0 radical (unpaired) electrons. The second-order valence-corrected chi connectivity index (χ2v) is 6.17. The normalized spacial score (nSPS) is 22.9. The molecule has 0 bridgehead atoms. The van der Waals surface area contributed by atoms with Gasteiger partial charge in [0, 0.05) is 11.6 Å². The van der Waals surface area contributed by atoms with E-state index in [9.17, 15) is 5.11 Å². The maximum atomic E-state index is 9.62. The lowest BCUT2D eigenvalue weighted by Crippen LogP contribution is -2.46. The van der Waals surface area contributed by atoms with Crippen LogP contribution in [0.2, 0.25) is 0 Å². The van der Waals surface area contributed by atoms with Gasteiger partial charge in [0.05, 0.1) is 13.2 Å². The van der Waals surface area contributed by atoms with Gasteiger partial charge in [-0.2, -0.15) is 4.98 Å². The van der Waals surface area contributed by atoms with Crippen molar-refractivity contribution in [3.63, 3.8) is 0 Å². The number of benzene rings is 1. The second-order valence-electron chi connectivity index (χ2n) is 6.17. The minimum atomic E-state index is 0.184. The molecule has 2 unspecified atom stereocenters. The molecule has 3 rings (SSSR count). The van der Waals surface area contributed by atoms with Gasteiger partial charge < -0.3 is 9.63 Å². The van der Waals surface area contributed by atoms with Crippen molar-refractivity contribution < 1.29 is 9.63 Å². The summed E-state index contributed by atoms with van der Waals surface area (Å²) in [6.07, 6.45) is 2.32. The molecule has 22 heavy (non-hydrogen) atoms. The smallest absolute Gasteiger partial charge is 0.258 e. The van der Waals surface area contributed by atoms with Crippen molar-refractivity contribution in [3.8, 4) is 11.5 Å². The van der Waals surface area contributed by atoms with Crippen LogP contribution < -0.4 is 0 Å². The van der Waals surface area contributed by atoms with Gasteiger partial charge in [-0.1, -0.05) is 30.3 Å².